The van der Waals surface area contributed by atoms with E-state index in [1.54, 1.807) is 0 Å². The molecule has 0 aliphatic rings. The molecule has 0 saturated carbocycles. The van der Waals surface area contributed by atoms with Crippen LogP contribution < -0.4 is 5.19 Å². The number of imidazole rings is 1. The fraction of sp³-hybridized carbons (Fsp3) is 0.216. The molecule has 0 N–H and O–H groups in total. The zero-order valence-corrected chi connectivity index (χ0v) is 29.6. The van der Waals surface area contributed by atoms with Crippen molar-refractivity contribution < 1.29 is 24.5 Å². The van der Waals surface area contributed by atoms with Crippen LogP contribution in [-0.2, 0) is 27.2 Å². The first-order valence-corrected chi connectivity index (χ1v) is 18.2. The molecule has 44 heavy (non-hydrogen) atoms. The van der Waals surface area contributed by atoms with Crippen LogP contribution in [0.1, 0.15) is 31.0 Å². The number of furan rings is 1. The minimum atomic E-state index is -1.34. The molecule has 0 bridgehead atoms. The molecule has 225 valence electrons. The predicted molar refractivity (Wildman–Crippen MR) is 180 cm³/mol. The summed E-state index contributed by atoms with van der Waals surface area (Å²) in [5, 5.41) is 3.53. The Morgan fingerprint density at radius 3 is 2.34 bits per heavy atom. The summed E-state index contributed by atoms with van der Waals surface area (Å²) in [7, 11) is 0.679. The Morgan fingerprint density at radius 2 is 1.64 bits per heavy atom. The van der Waals surface area contributed by atoms with Gasteiger partial charge >= 0.3 is 0 Å². The van der Waals surface area contributed by atoms with E-state index in [4.69, 9.17) is 9.40 Å². The molecule has 0 amide bonds. The van der Waals surface area contributed by atoms with Crippen molar-refractivity contribution >= 4 is 46.4 Å². The minimum absolute atomic E-state index is 0. The van der Waals surface area contributed by atoms with Crippen molar-refractivity contribution in [3.8, 4) is 22.6 Å². The SMILES string of the molecule is CC(C)c1cc(-c2[c-]cccc2)ncc1[Si](C)(C)C.Cc1ccc2c(n1)oc1c(-c3nc4ccccc4n3C)[c-]ccc12.[Ir]. The van der Waals surface area contributed by atoms with Gasteiger partial charge in [0.2, 0.25) is 5.71 Å². The molecule has 0 aliphatic carbocycles. The second kappa shape index (κ2) is 12.6. The molecule has 0 spiro atoms. The Labute approximate surface area is 273 Å². The molecular weight excluding hydrogens is 737 g/mol. The third kappa shape index (κ3) is 6.05. The van der Waals surface area contributed by atoms with E-state index >= 15 is 0 Å². The number of para-hydroxylation sites is 2. The van der Waals surface area contributed by atoms with E-state index in [-0.39, 0.29) is 20.1 Å². The quantitative estimate of drug-likeness (QED) is 0.133. The van der Waals surface area contributed by atoms with Gasteiger partial charge in [0.15, 0.2) is 0 Å². The van der Waals surface area contributed by atoms with Gasteiger partial charge in [0.05, 0.1) is 30.5 Å². The molecule has 5 nitrogen and oxygen atoms in total. The van der Waals surface area contributed by atoms with Gasteiger partial charge in [-0.15, -0.1) is 54.1 Å². The van der Waals surface area contributed by atoms with Crippen molar-refractivity contribution in [2.45, 2.75) is 46.3 Å². The number of aromatic nitrogens is 4. The summed E-state index contributed by atoms with van der Waals surface area (Å²) in [5.41, 5.74) is 8.85. The van der Waals surface area contributed by atoms with Gasteiger partial charge in [-0.1, -0.05) is 68.2 Å². The van der Waals surface area contributed by atoms with Crippen LogP contribution in [0.25, 0.3) is 55.7 Å². The summed E-state index contributed by atoms with van der Waals surface area (Å²) in [6, 6.07) is 33.0. The Morgan fingerprint density at radius 1 is 0.864 bits per heavy atom. The van der Waals surface area contributed by atoms with Crippen molar-refractivity contribution in [3.63, 3.8) is 0 Å². The van der Waals surface area contributed by atoms with Gasteiger partial charge in [0, 0.05) is 44.4 Å². The summed E-state index contributed by atoms with van der Waals surface area (Å²) in [6.07, 6.45) is 2.09. The number of hydrogen-bond acceptors (Lipinski definition) is 4. The van der Waals surface area contributed by atoms with E-state index < -0.39 is 8.07 Å². The van der Waals surface area contributed by atoms with Crippen LogP contribution in [0.15, 0.2) is 89.5 Å². The number of rotatable bonds is 4. The van der Waals surface area contributed by atoms with Crippen LogP contribution in [0, 0.1) is 19.1 Å². The maximum Gasteiger partial charge on any atom is 0.216 e. The van der Waals surface area contributed by atoms with Crippen LogP contribution >= 0.6 is 0 Å². The fourth-order valence-electron chi connectivity index (χ4n) is 5.53. The van der Waals surface area contributed by atoms with Crippen LogP contribution in [0.4, 0.5) is 0 Å². The Bertz CT molecular complexity index is 2070. The third-order valence-electron chi connectivity index (χ3n) is 7.80. The van der Waals surface area contributed by atoms with Crippen LogP contribution in [-0.4, -0.2) is 27.6 Å². The third-order valence-corrected chi connectivity index (χ3v) is 9.83. The number of pyridine rings is 2. The molecule has 7 heteroatoms. The number of hydrogen-bond donors (Lipinski definition) is 0. The molecule has 0 unspecified atom stereocenters. The molecule has 4 heterocycles. The van der Waals surface area contributed by atoms with Gasteiger partial charge in [-0.25, -0.2) is 4.98 Å². The molecule has 3 aromatic carbocycles. The normalized spacial score (nSPS) is 11.5. The van der Waals surface area contributed by atoms with Crippen LogP contribution in [0.5, 0.6) is 0 Å². The Hall–Kier alpha value is -3.90. The van der Waals surface area contributed by atoms with Crippen molar-refractivity contribution in [1.29, 1.82) is 0 Å². The summed E-state index contributed by atoms with van der Waals surface area (Å²) < 4.78 is 8.15. The van der Waals surface area contributed by atoms with E-state index in [0.29, 0.717) is 11.6 Å². The molecule has 0 atom stereocenters. The molecule has 7 rings (SSSR count). The molecule has 0 aliphatic heterocycles. The minimum Gasteiger partial charge on any atom is -0.486 e. The Balaban J connectivity index is 0.000000176. The summed E-state index contributed by atoms with van der Waals surface area (Å²) in [5.74, 6) is 1.38. The maximum atomic E-state index is 6.07. The molecule has 4 aromatic heterocycles. The molecule has 0 saturated heterocycles. The fourth-order valence-corrected chi connectivity index (χ4v) is 7.20. The van der Waals surface area contributed by atoms with Crippen LogP contribution in [0.2, 0.25) is 19.6 Å². The standard InChI is InChI=1S/C20H14N3O.C17H22NSi.Ir/c1-12-10-11-14-13-6-5-7-15(18(13)24-20(14)21-12)19-22-16-8-3-4-9-17(16)23(19)2;1-13(2)15-11-16(14-9-7-6-8-10-14)18-12-17(15)19(3,4)5;/h3-6,8-11H,1-2H3;6-9,11-13H,1-5H3;/q2*-1;. The van der Waals surface area contributed by atoms with Crippen molar-refractivity contribution in [3.05, 3.63) is 108 Å². The largest absolute Gasteiger partial charge is 0.486 e. The summed E-state index contributed by atoms with van der Waals surface area (Å²) >= 11 is 0. The summed E-state index contributed by atoms with van der Waals surface area (Å²) in [6.45, 7) is 13.6. The van der Waals surface area contributed by atoms with E-state index in [2.05, 4.69) is 90.6 Å². The van der Waals surface area contributed by atoms with Crippen molar-refractivity contribution in [2.75, 3.05) is 0 Å². The first-order valence-electron chi connectivity index (χ1n) is 14.7. The first kappa shape index (κ1) is 31.5. The van der Waals surface area contributed by atoms with Crippen molar-refractivity contribution in [2.24, 2.45) is 7.05 Å². The van der Waals surface area contributed by atoms with E-state index in [1.807, 2.05) is 68.6 Å². The average molecular weight is 773 g/mol. The van der Waals surface area contributed by atoms with E-state index in [1.165, 1.54) is 10.8 Å². The monoisotopic (exact) mass is 773 g/mol. The van der Waals surface area contributed by atoms with Crippen LogP contribution in [0.3, 0.4) is 0 Å². The zero-order valence-electron chi connectivity index (χ0n) is 26.2. The van der Waals surface area contributed by atoms with E-state index in [9.17, 15) is 0 Å². The molecular formula is C37H36IrN4OSi-2. The molecule has 0 fully saturated rings. The maximum absolute atomic E-state index is 6.07. The second-order valence-corrected chi connectivity index (χ2v) is 17.4. The Kier molecular flexibility index (Phi) is 9.03. The number of aryl methyl sites for hydroxylation is 2. The predicted octanol–water partition coefficient (Wildman–Crippen LogP) is 8.86. The van der Waals surface area contributed by atoms with Gasteiger partial charge in [-0.2, -0.15) is 0 Å². The summed E-state index contributed by atoms with van der Waals surface area (Å²) in [4.78, 5) is 13.9. The van der Waals surface area contributed by atoms with Gasteiger partial charge in [0.25, 0.3) is 0 Å². The second-order valence-electron chi connectivity index (χ2n) is 12.3. The molecule has 7 aromatic rings. The van der Waals surface area contributed by atoms with Gasteiger partial charge < -0.3 is 14.0 Å². The van der Waals surface area contributed by atoms with E-state index in [0.717, 1.165) is 55.7 Å². The zero-order chi connectivity index (χ0) is 30.3. The van der Waals surface area contributed by atoms with Gasteiger partial charge in [-0.05, 0) is 48.0 Å². The molecule has 1 radical (unpaired) electrons. The average Bonchev–Trinajstić information content (AvgIpc) is 3.54. The van der Waals surface area contributed by atoms with Crippen molar-refractivity contribution in [1.82, 2.24) is 19.5 Å². The number of benzene rings is 3. The van der Waals surface area contributed by atoms with Gasteiger partial charge in [0.1, 0.15) is 0 Å². The topological polar surface area (TPSA) is 56.7 Å². The van der Waals surface area contributed by atoms with Gasteiger partial charge in [-0.3, -0.25) is 4.98 Å². The smallest absolute Gasteiger partial charge is 0.216 e. The first-order chi connectivity index (χ1) is 20.6. The number of nitrogens with zero attached hydrogens (tertiary/aromatic N) is 4. The number of fused-ring (bicyclic) bond motifs is 4.